The van der Waals surface area contributed by atoms with Crippen LogP contribution < -0.4 is 0 Å². The second kappa shape index (κ2) is 52.5. The van der Waals surface area contributed by atoms with Crippen molar-refractivity contribution < 1.29 is 28.6 Å². The van der Waals surface area contributed by atoms with Crippen LogP contribution in [0.3, 0.4) is 0 Å². The summed E-state index contributed by atoms with van der Waals surface area (Å²) in [5, 5.41) is 0. The molecule has 0 aliphatic heterocycles. The van der Waals surface area contributed by atoms with Crippen molar-refractivity contribution in [3.05, 3.63) is 72.9 Å². The maximum Gasteiger partial charge on any atom is 0.306 e. The lowest BCUT2D eigenvalue weighted by Crippen LogP contribution is -2.30. The lowest BCUT2D eigenvalue weighted by Gasteiger charge is -2.18. The number of carbonyl (C=O) groups excluding carboxylic acids is 3. The van der Waals surface area contributed by atoms with Crippen molar-refractivity contribution in [2.24, 2.45) is 0 Å². The van der Waals surface area contributed by atoms with Crippen molar-refractivity contribution >= 4 is 17.9 Å². The average Bonchev–Trinajstić information content (AvgIpc) is 3.29. The van der Waals surface area contributed by atoms with E-state index in [1.54, 1.807) is 0 Å². The van der Waals surface area contributed by atoms with Gasteiger partial charge >= 0.3 is 17.9 Å². The van der Waals surface area contributed by atoms with Gasteiger partial charge in [-0.3, -0.25) is 14.4 Å². The van der Waals surface area contributed by atoms with Crippen LogP contribution in [-0.4, -0.2) is 37.2 Å². The minimum absolute atomic E-state index is 0.0837. The third-order valence-corrected chi connectivity index (χ3v) is 11.5. The third-order valence-electron chi connectivity index (χ3n) is 11.5. The maximum absolute atomic E-state index is 12.8. The first-order chi connectivity index (χ1) is 31.5. The predicted molar refractivity (Wildman–Crippen MR) is 274 cm³/mol. The molecular weight excluding hydrogens is 793 g/mol. The van der Waals surface area contributed by atoms with Crippen molar-refractivity contribution in [3.63, 3.8) is 0 Å². The zero-order valence-electron chi connectivity index (χ0n) is 42.0. The molecule has 0 aromatic heterocycles. The van der Waals surface area contributed by atoms with Crippen LogP contribution in [-0.2, 0) is 28.6 Å². The van der Waals surface area contributed by atoms with Crippen LogP contribution in [0.4, 0.5) is 0 Å². The van der Waals surface area contributed by atoms with Gasteiger partial charge in [0.15, 0.2) is 6.10 Å². The molecule has 0 aliphatic rings. The number of hydrogen-bond donors (Lipinski definition) is 0. The van der Waals surface area contributed by atoms with E-state index >= 15 is 0 Å². The van der Waals surface area contributed by atoms with E-state index in [0.717, 1.165) is 83.5 Å². The first kappa shape index (κ1) is 60.9. The molecule has 0 heterocycles. The molecule has 0 spiro atoms. The molecule has 0 N–H and O–H groups in total. The molecule has 0 amide bonds. The van der Waals surface area contributed by atoms with Crippen LogP contribution in [0.1, 0.15) is 258 Å². The number of hydrogen-bond acceptors (Lipinski definition) is 6. The van der Waals surface area contributed by atoms with Gasteiger partial charge in [-0.1, -0.05) is 248 Å². The van der Waals surface area contributed by atoms with Gasteiger partial charge in [0, 0.05) is 19.3 Å². The molecule has 0 aromatic carbocycles. The van der Waals surface area contributed by atoms with Gasteiger partial charge in [-0.25, -0.2) is 0 Å². The SMILES string of the molecule is CCC\C=C/C=C\C=C/C=C\C=C/CCCCCCCC(=O)OCC(COC(=O)CCCCCCCCCCCCCCC)OC(=O)CCCCCCCCC/C=C\CCCCCC. The highest BCUT2D eigenvalue weighted by Crippen LogP contribution is 2.15. The fourth-order valence-electron chi connectivity index (χ4n) is 7.47. The van der Waals surface area contributed by atoms with E-state index in [4.69, 9.17) is 14.2 Å². The highest BCUT2D eigenvalue weighted by Gasteiger charge is 2.19. The molecule has 1 atom stereocenters. The zero-order chi connectivity index (χ0) is 46.5. The Balaban J connectivity index is 4.43. The van der Waals surface area contributed by atoms with Crippen LogP contribution in [0.2, 0.25) is 0 Å². The Morgan fingerprint density at radius 2 is 0.609 bits per heavy atom. The summed E-state index contributed by atoms with van der Waals surface area (Å²) >= 11 is 0. The molecule has 6 nitrogen and oxygen atoms in total. The first-order valence-corrected chi connectivity index (χ1v) is 27.0. The number of carbonyl (C=O) groups is 3. The van der Waals surface area contributed by atoms with E-state index in [1.165, 1.54) is 135 Å². The Bertz CT molecular complexity index is 1210. The molecule has 368 valence electrons. The van der Waals surface area contributed by atoms with Crippen LogP contribution in [0.15, 0.2) is 72.9 Å². The molecule has 64 heavy (non-hydrogen) atoms. The van der Waals surface area contributed by atoms with Crippen molar-refractivity contribution in [3.8, 4) is 0 Å². The van der Waals surface area contributed by atoms with Crippen LogP contribution in [0.5, 0.6) is 0 Å². The minimum atomic E-state index is -0.786. The van der Waals surface area contributed by atoms with Crippen LogP contribution >= 0.6 is 0 Å². The smallest absolute Gasteiger partial charge is 0.306 e. The molecular formula is C58H100O6. The molecule has 0 rings (SSSR count). The van der Waals surface area contributed by atoms with E-state index in [-0.39, 0.29) is 31.1 Å². The molecule has 0 aromatic rings. The standard InChI is InChI=1S/C58H100O6/c1-4-7-10-13-16-19-22-25-27-28-29-31-33-36-39-42-45-48-51-57(60)63-54-55(53-62-56(59)50-47-44-41-38-35-32-24-21-18-15-12-9-6-3)64-58(61)52-49-46-43-40-37-34-30-26-23-20-17-14-11-8-5-2/h10,13,16,19-20,22-23,25,27-29,31,55H,4-9,11-12,14-15,17-18,21,24,26,30,32-54H2,1-3H3/b13-10-,19-16-,23-20-,25-22-,28-27-,31-29-. The molecule has 6 heteroatoms. The fraction of sp³-hybridized carbons (Fsp3) is 0.741. The van der Waals surface area contributed by atoms with Crippen molar-refractivity contribution in [1.29, 1.82) is 0 Å². The monoisotopic (exact) mass is 893 g/mol. The second-order valence-corrected chi connectivity index (χ2v) is 17.9. The van der Waals surface area contributed by atoms with E-state index in [1.807, 2.05) is 24.3 Å². The van der Waals surface area contributed by atoms with Gasteiger partial charge in [0.2, 0.25) is 0 Å². The summed E-state index contributed by atoms with van der Waals surface area (Å²) in [5.74, 6) is -0.908. The predicted octanol–water partition coefficient (Wildman–Crippen LogP) is 17.8. The molecule has 0 fully saturated rings. The van der Waals surface area contributed by atoms with E-state index in [0.29, 0.717) is 19.3 Å². The van der Waals surface area contributed by atoms with Crippen molar-refractivity contribution in [2.75, 3.05) is 13.2 Å². The highest BCUT2D eigenvalue weighted by atomic mass is 16.6. The lowest BCUT2D eigenvalue weighted by atomic mass is 10.0. The van der Waals surface area contributed by atoms with Gasteiger partial charge < -0.3 is 14.2 Å². The van der Waals surface area contributed by atoms with Crippen LogP contribution in [0.25, 0.3) is 0 Å². The fourth-order valence-corrected chi connectivity index (χ4v) is 7.47. The van der Waals surface area contributed by atoms with Gasteiger partial charge in [-0.2, -0.15) is 0 Å². The third kappa shape index (κ3) is 49.9. The van der Waals surface area contributed by atoms with Gasteiger partial charge in [0.25, 0.3) is 0 Å². The summed E-state index contributed by atoms with van der Waals surface area (Å²) in [6.07, 6.45) is 65.9. The lowest BCUT2D eigenvalue weighted by molar-refractivity contribution is -0.167. The Morgan fingerprint density at radius 1 is 0.312 bits per heavy atom. The number of allylic oxidation sites excluding steroid dienone is 12. The largest absolute Gasteiger partial charge is 0.462 e. The van der Waals surface area contributed by atoms with E-state index < -0.39 is 6.10 Å². The zero-order valence-corrected chi connectivity index (χ0v) is 42.0. The van der Waals surface area contributed by atoms with Crippen molar-refractivity contribution in [1.82, 2.24) is 0 Å². The summed E-state index contributed by atoms with van der Waals surface area (Å²) < 4.78 is 16.8. The quantitative estimate of drug-likeness (QED) is 0.0199. The summed E-state index contributed by atoms with van der Waals surface area (Å²) in [7, 11) is 0. The summed E-state index contributed by atoms with van der Waals surface area (Å²) in [5.41, 5.74) is 0. The molecule has 0 saturated heterocycles. The average molecular weight is 893 g/mol. The minimum Gasteiger partial charge on any atom is -0.462 e. The van der Waals surface area contributed by atoms with Crippen LogP contribution in [0, 0.1) is 0 Å². The molecule has 0 saturated carbocycles. The molecule has 0 radical (unpaired) electrons. The van der Waals surface area contributed by atoms with Gasteiger partial charge in [0.05, 0.1) is 0 Å². The molecule has 0 bridgehead atoms. The number of esters is 3. The molecule has 1 unspecified atom stereocenters. The number of unbranched alkanes of at least 4 members (excludes halogenated alkanes) is 29. The van der Waals surface area contributed by atoms with E-state index in [2.05, 4.69) is 69.4 Å². The maximum atomic E-state index is 12.8. The van der Waals surface area contributed by atoms with E-state index in [9.17, 15) is 14.4 Å². The Morgan fingerprint density at radius 3 is 1.00 bits per heavy atom. The molecule has 0 aliphatic carbocycles. The first-order valence-electron chi connectivity index (χ1n) is 27.0. The number of ether oxygens (including phenoxy) is 3. The normalized spacial score (nSPS) is 12.6. The van der Waals surface area contributed by atoms with Gasteiger partial charge in [-0.05, 0) is 64.2 Å². The summed E-state index contributed by atoms with van der Waals surface area (Å²) in [4.78, 5) is 38.0. The highest BCUT2D eigenvalue weighted by molar-refractivity contribution is 5.71. The Kier molecular flexibility index (Phi) is 49.9. The second-order valence-electron chi connectivity index (χ2n) is 17.9. The summed E-state index contributed by atoms with van der Waals surface area (Å²) in [6.45, 7) is 6.52. The van der Waals surface area contributed by atoms with Gasteiger partial charge in [0.1, 0.15) is 13.2 Å². The van der Waals surface area contributed by atoms with Gasteiger partial charge in [-0.15, -0.1) is 0 Å². The Hall–Kier alpha value is -3.15. The Labute approximate surface area is 395 Å². The topological polar surface area (TPSA) is 78.9 Å². The summed E-state index contributed by atoms with van der Waals surface area (Å²) in [6, 6.07) is 0. The number of rotatable bonds is 48. The van der Waals surface area contributed by atoms with Crippen molar-refractivity contribution in [2.45, 2.75) is 264 Å².